The van der Waals surface area contributed by atoms with Crippen LogP contribution in [-0.2, 0) is 9.59 Å². The molecule has 1 heterocycles. The van der Waals surface area contributed by atoms with E-state index in [1.54, 1.807) is 12.1 Å². The van der Waals surface area contributed by atoms with Crippen molar-refractivity contribution in [2.75, 3.05) is 0 Å². The molecule has 1 aliphatic rings. The van der Waals surface area contributed by atoms with Gasteiger partial charge in [-0.1, -0.05) is 40.2 Å². The number of nitrogens with zero attached hydrogens (tertiary/aromatic N) is 2. The Morgan fingerprint density at radius 2 is 1.92 bits per heavy atom. The van der Waals surface area contributed by atoms with Gasteiger partial charge in [0.2, 0.25) is 5.91 Å². The Balaban J connectivity index is 1.91. The average molecular weight is 419 g/mol. The topological polar surface area (TPSA) is 70.0 Å². The van der Waals surface area contributed by atoms with Gasteiger partial charge in [-0.15, -0.1) is 0 Å². The Morgan fingerprint density at radius 3 is 2.58 bits per heavy atom. The Hall–Kier alpha value is -2.54. The molecule has 0 aromatic heterocycles. The van der Waals surface area contributed by atoms with E-state index in [2.05, 4.69) is 21.0 Å². The quantitative estimate of drug-likeness (QED) is 0.793. The number of carboxylic acids is 1. The maximum absolute atomic E-state index is 13.6. The summed E-state index contributed by atoms with van der Waals surface area (Å²) in [7, 11) is 0. The average Bonchev–Trinajstić information content (AvgIpc) is 3.05. The molecule has 1 atom stereocenters. The van der Waals surface area contributed by atoms with Gasteiger partial charge in [0.1, 0.15) is 5.82 Å². The van der Waals surface area contributed by atoms with Crippen LogP contribution in [0.2, 0.25) is 0 Å². The number of halogens is 2. The lowest BCUT2D eigenvalue weighted by Crippen LogP contribution is -2.27. The molecular weight excluding hydrogens is 403 g/mol. The van der Waals surface area contributed by atoms with Crippen molar-refractivity contribution < 1.29 is 19.1 Å². The van der Waals surface area contributed by atoms with Gasteiger partial charge in [0.15, 0.2) is 0 Å². The summed E-state index contributed by atoms with van der Waals surface area (Å²) in [6, 6.07) is 13.1. The maximum atomic E-state index is 13.6. The molecule has 0 saturated carbocycles. The Kier molecular flexibility index (Phi) is 5.46. The largest absolute Gasteiger partial charge is 0.481 e. The molecule has 2 aromatic rings. The molecule has 7 heteroatoms. The Morgan fingerprint density at radius 1 is 1.19 bits per heavy atom. The van der Waals surface area contributed by atoms with Gasteiger partial charge < -0.3 is 5.11 Å². The van der Waals surface area contributed by atoms with Gasteiger partial charge in [0.25, 0.3) is 0 Å². The number of hydrazone groups is 1. The summed E-state index contributed by atoms with van der Waals surface area (Å²) >= 11 is 3.38. The summed E-state index contributed by atoms with van der Waals surface area (Å²) < 4.78 is 14.6. The summed E-state index contributed by atoms with van der Waals surface area (Å²) in [4.78, 5) is 23.3. The lowest BCUT2D eigenvalue weighted by molar-refractivity contribution is -0.141. The number of carboxylic acid groups (broad SMARTS) is 1. The lowest BCUT2D eigenvalue weighted by Gasteiger charge is -2.21. The highest BCUT2D eigenvalue weighted by Crippen LogP contribution is 2.33. The SMILES string of the molecule is O=C(O)CCC(=O)N1N=C(c2ccc(Br)cc2)C[C@@H]1c1cccc(F)c1. The van der Waals surface area contributed by atoms with E-state index in [0.717, 1.165) is 10.0 Å². The molecule has 1 N–H and O–H groups in total. The number of rotatable bonds is 5. The number of aliphatic carboxylic acids is 1. The van der Waals surface area contributed by atoms with Crippen LogP contribution < -0.4 is 0 Å². The first-order chi connectivity index (χ1) is 12.4. The molecule has 134 valence electrons. The summed E-state index contributed by atoms with van der Waals surface area (Å²) in [6.07, 6.45) is 0.0104. The van der Waals surface area contributed by atoms with E-state index < -0.39 is 23.7 Å². The minimum atomic E-state index is -1.04. The van der Waals surface area contributed by atoms with Crippen LogP contribution in [0.15, 0.2) is 58.1 Å². The Labute approximate surface area is 158 Å². The van der Waals surface area contributed by atoms with Crippen LogP contribution in [0.3, 0.4) is 0 Å². The minimum Gasteiger partial charge on any atom is -0.481 e. The predicted molar refractivity (Wildman–Crippen MR) is 98.2 cm³/mol. The molecule has 0 radical (unpaired) electrons. The van der Waals surface area contributed by atoms with E-state index in [4.69, 9.17) is 5.11 Å². The zero-order chi connectivity index (χ0) is 18.7. The highest BCUT2D eigenvalue weighted by molar-refractivity contribution is 9.10. The molecule has 1 aliphatic heterocycles. The number of carbonyl (C=O) groups is 2. The van der Waals surface area contributed by atoms with Crippen molar-refractivity contribution in [2.24, 2.45) is 5.10 Å². The molecule has 1 amide bonds. The first kappa shape index (κ1) is 18.3. The molecule has 5 nitrogen and oxygen atoms in total. The lowest BCUT2D eigenvalue weighted by atomic mass is 9.98. The molecule has 0 unspecified atom stereocenters. The summed E-state index contributed by atoms with van der Waals surface area (Å²) in [5.41, 5.74) is 2.20. The van der Waals surface area contributed by atoms with Crippen LogP contribution in [0.25, 0.3) is 0 Å². The van der Waals surface area contributed by atoms with Gasteiger partial charge in [-0.05, 0) is 35.4 Å². The van der Waals surface area contributed by atoms with Crippen molar-refractivity contribution in [3.05, 3.63) is 69.9 Å². The van der Waals surface area contributed by atoms with E-state index in [0.29, 0.717) is 17.7 Å². The van der Waals surface area contributed by atoms with Crippen LogP contribution in [0, 0.1) is 5.82 Å². The number of hydrogen-bond acceptors (Lipinski definition) is 3. The van der Waals surface area contributed by atoms with Gasteiger partial charge in [0, 0.05) is 17.3 Å². The molecule has 0 aliphatic carbocycles. The second kappa shape index (κ2) is 7.78. The van der Waals surface area contributed by atoms with Crippen molar-refractivity contribution >= 4 is 33.5 Å². The van der Waals surface area contributed by atoms with Gasteiger partial charge in [0.05, 0.1) is 18.2 Å². The van der Waals surface area contributed by atoms with Crippen LogP contribution in [0.1, 0.15) is 36.4 Å². The fourth-order valence-corrected chi connectivity index (χ4v) is 3.12. The minimum absolute atomic E-state index is 0.154. The molecule has 0 spiro atoms. The Bertz CT molecular complexity index is 867. The molecule has 3 rings (SSSR count). The fraction of sp³-hybridized carbons (Fsp3) is 0.211. The summed E-state index contributed by atoms with van der Waals surface area (Å²) in [6.45, 7) is 0. The van der Waals surface area contributed by atoms with E-state index in [9.17, 15) is 14.0 Å². The normalized spacial score (nSPS) is 16.5. The number of hydrogen-bond donors (Lipinski definition) is 1. The van der Waals surface area contributed by atoms with Crippen molar-refractivity contribution in [3.63, 3.8) is 0 Å². The van der Waals surface area contributed by atoms with Crippen LogP contribution in [0.5, 0.6) is 0 Å². The zero-order valence-electron chi connectivity index (χ0n) is 13.7. The molecular formula is C19H16BrFN2O3. The molecule has 2 aromatic carbocycles. The van der Waals surface area contributed by atoms with Gasteiger partial charge >= 0.3 is 5.97 Å². The third-order valence-corrected chi connectivity index (χ3v) is 4.66. The highest BCUT2D eigenvalue weighted by atomic mass is 79.9. The van der Waals surface area contributed by atoms with Crippen molar-refractivity contribution in [1.29, 1.82) is 0 Å². The maximum Gasteiger partial charge on any atom is 0.303 e. The second-order valence-electron chi connectivity index (χ2n) is 5.96. The van der Waals surface area contributed by atoms with E-state index in [1.807, 2.05) is 24.3 Å². The third-order valence-electron chi connectivity index (χ3n) is 4.13. The van der Waals surface area contributed by atoms with E-state index >= 15 is 0 Å². The molecule has 26 heavy (non-hydrogen) atoms. The standard InChI is InChI=1S/C19H16BrFN2O3/c20-14-6-4-12(5-7-14)16-11-17(13-2-1-3-15(21)10-13)23(22-16)18(24)8-9-19(25)26/h1-7,10,17H,8-9,11H2,(H,25,26)/t17-/m1/s1. The second-order valence-corrected chi connectivity index (χ2v) is 6.88. The van der Waals surface area contributed by atoms with Crippen molar-refractivity contribution in [3.8, 4) is 0 Å². The van der Waals surface area contributed by atoms with E-state index in [-0.39, 0.29) is 12.8 Å². The molecule has 0 fully saturated rings. The van der Waals surface area contributed by atoms with Crippen LogP contribution >= 0.6 is 15.9 Å². The molecule has 0 bridgehead atoms. The number of carbonyl (C=O) groups excluding carboxylic acids is 1. The first-order valence-electron chi connectivity index (χ1n) is 8.07. The van der Waals surface area contributed by atoms with Crippen LogP contribution in [0.4, 0.5) is 4.39 Å². The fourth-order valence-electron chi connectivity index (χ4n) is 2.86. The summed E-state index contributed by atoms with van der Waals surface area (Å²) in [5.74, 6) is -1.83. The van der Waals surface area contributed by atoms with E-state index in [1.165, 1.54) is 17.1 Å². The zero-order valence-corrected chi connectivity index (χ0v) is 15.3. The van der Waals surface area contributed by atoms with Gasteiger partial charge in [-0.2, -0.15) is 5.10 Å². The molecule has 0 saturated heterocycles. The predicted octanol–water partition coefficient (Wildman–Crippen LogP) is 4.13. The monoisotopic (exact) mass is 418 g/mol. The highest BCUT2D eigenvalue weighted by Gasteiger charge is 2.33. The summed E-state index contributed by atoms with van der Waals surface area (Å²) in [5, 5.41) is 14.5. The van der Waals surface area contributed by atoms with Crippen molar-refractivity contribution in [1.82, 2.24) is 5.01 Å². The number of amides is 1. The van der Waals surface area contributed by atoms with Gasteiger partial charge in [-0.25, -0.2) is 9.40 Å². The smallest absolute Gasteiger partial charge is 0.303 e. The van der Waals surface area contributed by atoms with Crippen molar-refractivity contribution in [2.45, 2.75) is 25.3 Å². The third kappa shape index (κ3) is 4.16. The first-order valence-corrected chi connectivity index (χ1v) is 8.86. The van der Waals surface area contributed by atoms with Crippen LogP contribution in [-0.4, -0.2) is 27.7 Å². The number of benzene rings is 2. The van der Waals surface area contributed by atoms with Gasteiger partial charge in [-0.3, -0.25) is 9.59 Å².